The average molecular weight is 431 g/mol. The Morgan fingerprint density at radius 3 is 2.45 bits per heavy atom. The monoisotopic (exact) mass is 430 g/mol. The van der Waals surface area contributed by atoms with Gasteiger partial charge in [-0.1, -0.05) is 29.3 Å². The Morgan fingerprint density at radius 1 is 1.00 bits per heavy atom. The fourth-order valence-electron chi connectivity index (χ4n) is 3.71. The minimum atomic E-state index is -0.197. The highest BCUT2D eigenvalue weighted by atomic mass is 35.5. The highest BCUT2D eigenvalue weighted by Crippen LogP contribution is 2.30. The number of pyridine rings is 1. The smallest absolute Gasteiger partial charge is 0.256 e. The van der Waals surface area contributed by atoms with Crippen molar-refractivity contribution in [2.75, 3.05) is 12.4 Å². The van der Waals surface area contributed by atoms with Gasteiger partial charge in [-0.2, -0.15) is 0 Å². The van der Waals surface area contributed by atoms with Crippen LogP contribution in [-0.2, 0) is 0 Å². The number of nitrogens with one attached hydrogen (secondary N) is 1. The summed E-state index contributed by atoms with van der Waals surface area (Å²) in [6.45, 7) is 5.93. The summed E-state index contributed by atoms with van der Waals surface area (Å²) in [6.07, 6.45) is 0. The van der Waals surface area contributed by atoms with E-state index in [2.05, 4.69) is 11.4 Å². The molecule has 1 heterocycles. The number of carbonyl (C=O) groups is 1. The Morgan fingerprint density at radius 2 is 1.74 bits per heavy atom. The zero-order valence-electron chi connectivity index (χ0n) is 17.9. The Kier molecular flexibility index (Phi) is 5.66. The van der Waals surface area contributed by atoms with Crippen LogP contribution in [0.3, 0.4) is 0 Å². The van der Waals surface area contributed by atoms with E-state index in [9.17, 15) is 4.79 Å². The zero-order valence-corrected chi connectivity index (χ0v) is 18.7. The van der Waals surface area contributed by atoms with Crippen molar-refractivity contribution in [2.45, 2.75) is 20.8 Å². The van der Waals surface area contributed by atoms with E-state index in [0.717, 1.165) is 44.6 Å². The molecule has 1 amide bonds. The van der Waals surface area contributed by atoms with Gasteiger partial charge in [0.1, 0.15) is 5.75 Å². The molecule has 3 aromatic carbocycles. The molecule has 0 spiro atoms. The lowest BCUT2D eigenvalue weighted by Gasteiger charge is -2.14. The Labute approximate surface area is 186 Å². The van der Waals surface area contributed by atoms with Gasteiger partial charge in [-0.05, 0) is 80.4 Å². The molecule has 1 N–H and O–H groups in total. The number of anilines is 1. The molecule has 0 atom stereocenters. The van der Waals surface area contributed by atoms with Gasteiger partial charge >= 0.3 is 0 Å². The third kappa shape index (κ3) is 4.12. The van der Waals surface area contributed by atoms with Crippen LogP contribution in [0.15, 0.2) is 60.7 Å². The number of nitrogens with zero attached hydrogens (tertiary/aromatic N) is 1. The molecule has 0 saturated carbocycles. The number of aromatic nitrogens is 1. The summed E-state index contributed by atoms with van der Waals surface area (Å²) in [5.74, 6) is 0.572. The highest BCUT2D eigenvalue weighted by Gasteiger charge is 2.17. The van der Waals surface area contributed by atoms with Gasteiger partial charge in [0, 0.05) is 21.7 Å². The molecule has 0 radical (unpaired) electrons. The van der Waals surface area contributed by atoms with E-state index in [1.165, 1.54) is 0 Å². The van der Waals surface area contributed by atoms with Crippen molar-refractivity contribution in [3.63, 3.8) is 0 Å². The van der Waals surface area contributed by atoms with Crippen LogP contribution in [0.5, 0.6) is 5.75 Å². The van der Waals surface area contributed by atoms with Gasteiger partial charge in [0.2, 0.25) is 0 Å². The van der Waals surface area contributed by atoms with E-state index in [4.69, 9.17) is 21.3 Å². The molecule has 1 aromatic heterocycles. The highest BCUT2D eigenvalue weighted by molar-refractivity contribution is 6.31. The first-order valence-electron chi connectivity index (χ1n) is 10.0. The van der Waals surface area contributed by atoms with Crippen LogP contribution in [0, 0.1) is 20.8 Å². The molecular weight excluding hydrogens is 408 g/mol. The summed E-state index contributed by atoms with van der Waals surface area (Å²) >= 11 is 6.24. The summed E-state index contributed by atoms with van der Waals surface area (Å²) in [5.41, 5.74) is 6.66. The fourth-order valence-corrected chi connectivity index (χ4v) is 3.89. The number of methoxy groups -OCH3 is 1. The van der Waals surface area contributed by atoms with Crippen LogP contribution in [0.4, 0.5) is 5.69 Å². The molecular formula is C26H23ClN2O2. The molecule has 156 valence electrons. The number of aryl methyl sites for hydroxylation is 2. The predicted molar refractivity (Wildman–Crippen MR) is 127 cm³/mol. The minimum absolute atomic E-state index is 0.197. The first-order valence-corrected chi connectivity index (χ1v) is 10.4. The van der Waals surface area contributed by atoms with Crippen LogP contribution in [0.1, 0.15) is 27.0 Å². The fraction of sp³-hybridized carbons (Fsp3) is 0.154. The number of rotatable bonds is 4. The first-order chi connectivity index (χ1) is 14.9. The van der Waals surface area contributed by atoms with Crippen molar-refractivity contribution in [2.24, 2.45) is 0 Å². The molecule has 4 aromatic rings. The van der Waals surface area contributed by atoms with Gasteiger partial charge in [-0.25, -0.2) is 4.98 Å². The number of benzene rings is 3. The van der Waals surface area contributed by atoms with E-state index in [-0.39, 0.29) is 5.91 Å². The third-order valence-corrected chi connectivity index (χ3v) is 5.80. The summed E-state index contributed by atoms with van der Waals surface area (Å²) in [7, 11) is 1.63. The predicted octanol–water partition coefficient (Wildman–Crippen LogP) is 6.74. The van der Waals surface area contributed by atoms with E-state index in [1.54, 1.807) is 7.11 Å². The standard InChI is InChI=1S/C26H23ClN2O2/c1-15-12-16(2)25-20(13-15)21(26(30)29-23-7-5-6-22(27)17(23)3)14-24(28-25)18-8-10-19(31-4)11-9-18/h5-14H,1-4H3,(H,29,30). The minimum Gasteiger partial charge on any atom is -0.497 e. The van der Waals surface area contributed by atoms with Crippen molar-refractivity contribution in [3.8, 4) is 17.0 Å². The van der Waals surface area contributed by atoms with E-state index >= 15 is 0 Å². The number of hydrogen-bond donors (Lipinski definition) is 1. The van der Waals surface area contributed by atoms with Crippen LogP contribution >= 0.6 is 11.6 Å². The summed E-state index contributed by atoms with van der Waals surface area (Å²) in [5, 5.41) is 4.46. The van der Waals surface area contributed by atoms with Crippen molar-refractivity contribution in [3.05, 3.63) is 87.9 Å². The molecule has 4 nitrogen and oxygen atoms in total. The van der Waals surface area contributed by atoms with E-state index in [1.807, 2.05) is 75.4 Å². The molecule has 0 aliphatic carbocycles. The van der Waals surface area contributed by atoms with E-state index in [0.29, 0.717) is 16.3 Å². The Bertz CT molecular complexity index is 1300. The largest absolute Gasteiger partial charge is 0.497 e. The molecule has 0 unspecified atom stereocenters. The number of fused-ring (bicyclic) bond motifs is 1. The van der Waals surface area contributed by atoms with Gasteiger partial charge in [0.05, 0.1) is 23.9 Å². The van der Waals surface area contributed by atoms with Gasteiger partial charge in [0.25, 0.3) is 5.91 Å². The Balaban J connectivity index is 1.87. The van der Waals surface area contributed by atoms with Gasteiger partial charge in [-0.3, -0.25) is 4.79 Å². The molecule has 5 heteroatoms. The van der Waals surface area contributed by atoms with Crippen molar-refractivity contribution < 1.29 is 9.53 Å². The quantitative estimate of drug-likeness (QED) is 0.390. The zero-order chi connectivity index (χ0) is 22.1. The molecule has 0 aliphatic rings. The second-order valence-corrected chi connectivity index (χ2v) is 8.04. The van der Waals surface area contributed by atoms with Gasteiger partial charge in [0.15, 0.2) is 0 Å². The van der Waals surface area contributed by atoms with Crippen LogP contribution < -0.4 is 10.1 Å². The second kappa shape index (κ2) is 8.40. The SMILES string of the molecule is COc1ccc(-c2cc(C(=O)Nc3cccc(Cl)c3C)c3cc(C)cc(C)c3n2)cc1. The molecule has 31 heavy (non-hydrogen) atoms. The molecule has 0 fully saturated rings. The number of amides is 1. The third-order valence-electron chi connectivity index (χ3n) is 5.39. The Hall–Kier alpha value is -3.37. The van der Waals surface area contributed by atoms with E-state index < -0.39 is 0 Å². The average Bonchev–Trinajstić information content (AvgIpc) is 2.76. The molecule has 0 aliphatic heterocycles. The van der Waals surface area contributed by atoms with Crippen molar-refractivity contribution in [1.29, 1.82) is 0 Å². The normalized spacial score (nSPS) is 10.9. The van der Waals surface area contributed by atoms with Crippen LogP contribution in [0.2, 0.25) is 5.02 Å². The summed E-state index contributed by atoms with van der Waals surface area (Å²) in [6, 6.07) is 19.1. The number of carbonyl (C=O) groups excluding carboxylic acids is 1. The molecule has 0 saturated heterocycles. The number of ether oxygens (including phenoxy) is 1. The number of hydrogen-bond acceptors (Lipinski definition) is 3. The lowest BCUT2D eigenvalue weighted by molar-refractivity contribution is 0.102. The van der Waals surface area contributed by atoms with Crippen LogP contribution in [-0.4, -0.2) is 18.0 Å². The summed E-state index contributed by atoms with van der Waals surface area (Å²) < 4.78 is 5.26. The van der Waals surface area contributed by atoms with Gasteiger partial charge in [-0.15, -0.1) is 0 Å². The van der Waals surface area contributed by atoms with Crippen LogP contribution in [0.25, 0.3) is 22.2 Å². The molecule has 0 bridgehead atoms. The maximum Gasteiger partial charge on any atom is 0.256 e. The maximum atomic E-state index is 13.4. The second-order valence-electron chi connectivity index (χ2n) is 7.63. The first kappa shape index (κ1) is 20.9. The lowest BCUT2D eigenvalue weighted by Crippen LogP contribution is -2.14. The van der Waals surface area contributed by atoms with Gasteiger partial charge < -0.3 is 10.1 Å². The van der Waals surface area contributed by atoms with Crippen molar-refractivity contribution in [1.82, 2.24) is 4.98 Å². The number of halogens is 1. The van der Waals surface area contributed by atoms with Crippen molar-refractivity contribution >= 4 is 34.1 Å². The lowest BCUT2D eigenvalue weighted by atomic mass is 9.99. The maximum absolute atomic E-state index is 13.4. The topological polar surface area (TPSA) is 51.2 Å². The molecule has 4 rings (SSSR count). The summed E-state index contributed by atoms with van der Waals surface area (Å²) in [4.78, 5) is 18.3.